The van der Waals surface area contributed by atoms with Gasteiger partial charge < -0.3 is 10.2 Å². The van der Waals surface area contributed by atoms with Crippen LogP contribution in [-0.4, -0.2) is 44.3 Å². The first kappa shape index (κ1) is 29.5. The van der Waals surface area contributed by atoms with E-state index in [0.717, 1.165) is 16.3 Å². The van der Waals surface area contributed by atoms with E-state index in [9.17, 15) is 18.0 Å². The molecule has 0 bridgehead atoms. The minimum atomic E-state index is -4.15. The van der Waals surface area contributed by atoms with E-state index >= 15 is 0 Å². The first-order valence-corrected chi connectivity index (χ1v) is 14.4. The number of carbonyl (C=O) groups is 2. The van der Waals surface area contributed by atoms with Crippen molar-refractivity contribution >= 4 is 50.7 Å². The Kier molecular flexibility index (Phi) is 10.2. The van der Waals surface area contributed by atoms with Gasteiger partial charge in [0, 0.05) is 23.1 Å². The van der Waals surface area contributed by atoms with Gasteiger partial charge in [0.15, 0.2) is 0 Å². The molecule has 0 fully saturated rings. The third kappa shape index (κ3) is 7.28. The van der Waals surface area contributed by atoms with E-state index in [0.29, 0.717) is 27.8 Å². The number of aryl methyl sites for hydroxylation is 1. The molecule has 7 nitrogen and oxygen atoms in total. The van der Waals surface area contributed by atoms with Gasteiger partial charge in [0.1, 0.15) is 12.6 Å². The van der Waals surface area contributed by atoms with Gasteiger partial charge in [-0.15, -0.1) is 0 Å². The maximum absolute atomic E-state index is 13.8. The van der Waals surface area contributed by atoms with E-state index in [1.165, 1.54) is 29.2 Å². The molecule has 0 aliphatic heterocycles. The molecule has 3 aromatic rings. The predicted octanol–water partition coefficient (Wildman–Crippen LogP) is 5.44. The third-order valence-corrected chi connectivity index (χ3v) is 8.43. The van der Waals surface area contributed by atoms with Crippen LogP contribution >= 0.6 is 23.2 Å². The van der Waals surface area contributed by atoms with Crippen molar-refractivity contribution in [2.75, 3.05) is 17.4 Å². The number of sulfonamides is 1. The molecule has 202 valence electrons. The molecule has 10 heteroatoms. The smallest absolute Gasteiger partial charge is 0.264 e. The molecule has 0 heterocycles. The van der Waals surface area contributed by atoms with Crippen LogP contribution in [0.25, 0.3) is 0 Å². The number of hydrogen-bond acceptors (Lipinski definition) is 4. The molecule has 0 aliphatic carbocycles. The van der Waals surface area contributed by atoms with E-state index in [-0.39, 0.29) is 17.3 Å². The number of carbonyl (C=O) groups excluding carboxylic acids is 2. The summed E-state index contributed by atoms with van der Waals surface area (Å²) >= 11 is 12.3. The largest absolute Gasteiger partial charge is 0.354 e. The van der Waals surface area contributed by atoms with Gasteiger partial charge in [-0.05, 0) is 68.3 Å². The van der Waals surface area contributed by atoms with Crippen LogP contribution in [0.2, 0.25) is 10.0 Å². The molecule has 2 amide bonds. The number of halogens is 2. The standard InChI is InChI=1S/C28H31Cl2N3O4S/c1-4-17-31-28(35)21(3)32(18-22-7-5-6-8-26(22)30)27(34)19-33(24-13-9-20(2)10-14-24)38(36,37)25-15-11-23(29)12-16-25/h5-16,21H,4,17-19H2,1-3H3,(H,31,35)/t21-/m1/s1. The molecular formula is C28H31Cl2N3O4S. The Labute approximate surface area is 234 Å². The fourth-order valence-corrected chi connectivity index (χ4v) is 5.50. The van der Waals surface area contributed by atoms with Crippen LogP contribution in [0.3, 0.4) is 0 Å². The monoisotopic (exact) mass is 575 g/mol. The zero-order chi connectivity index (χ0) is 27.9. The molecule has 0 saturated heterocycles. The van der Waals surface area contributed by atoms with E-state index in [4.69, 9.17) is 23.2 Å². The van der Waals surface area contributed by atoms with Gasteiger partial charge in [-0.1, -0.05) is 66.0 Å². The number of benzene rings is 3. The molecule has 0 spiro atoms. The van der Waals surface area contributed by atoms with Crippen molar-refractivity contribution in [3.8, 4) is 0 Å². The molecule has 0 unspecified atom stereocenters. The fraction of sp³-hybridized carbons (Fsp3) is 0.286. The molecule has 3 rings (SSSR count). The Morgan fingerprint density at radius 3 is 2.18 bits per heavy atom. The lowest BCUT2D eigenvalue weighted by atomic mass is 10.1. The maximum atomic E-state index is 13.8. The molecule has 0 aromatic heterocycles. The van der Waals surface area contributed by atoms with Crippen molar-refractivity contribution in [2.45, 2.75) is 44.7 Å². The second-order valence-corrected chi connectivity index (χ2v) is 11.6. The Hall–Kier alpha value is -3.07. The van der Waals surface area contributed by atoms with E-state index < -0.39 is 28.5 Å². The quantitative estimate of drug-likeness (QED) is 0.330. The zero-order valence-corrected chi connectivity index (χ0v) is 23.9. The highest BCUT2D eigenvalue weighted by Gasteiger charge is 2.32. The predicted molar refractivity (Wildman–Crippen MR) is 152 cm³/mol. The van der Waals surface area contributed by atoms with Crippen molar-refractivity contribution < 1.29 is 18.0 Å². The number of hydrogen-bond donors (Lipinski definition) is 1. The number of amides is 2. The van der Waals surface area contributed by atoms with Gasteiger partial charge in [-0.2, -0.15) is 0 Å². The van der Waals surface area contributed by atoms with Crippen molar-refractivity contribution in [3.63, 3.8) is 0 Å². The average molecular weight is 577 g/mol. The summed E-state index contributed by atoms with van der Waals surface area (Å²) in [6.45, 7) is 5.39. The van der Waals surface area contributed by atoms with Crippen LogP contribution < -0.4 is 9.62 Å². The molecule has 1 N–H and O–H groups in total. The van der Waals surface area contributed by atoms with Gasteiger partial charge in [-0.25, -0.2) is 8.42 Å². The van der Waals surface area contributed by atoms with Crippen LogP contribution in [-0.2, 0) is 26.2 Å². The minimum Gasteiger partial charge on any atom is -0.354 e. The van der Waals surface area contributed by atoms with Crippen LogP contribution in [0.15, 0.2) is 77.7 Å². The summed E-state index contributed by atoms with van der Waals surface area (Å²) in [5, 5.41) is 3.64. The van der Waals surface area contributed by atoms with Crippen LogP contribution in [0, 0.1) is 6.92 Å². The lowest BCUT2D eigenvalue weighted by Crippen LogP contribution is -2.51. The van der Waals surface area contributed by atoms with Gasteiger partial charge in [0.05, 0.1) is 10.6 Å². The summed E-state index contributed by atoms with van der Waals surface area (Å²) in [5.41, 5.74) is 1.89. The highest BCUT2D eigenvalue weighted by Crippen LogP contribution is 2.26. The normalized spacial score (nSPS) is 12.0. The molecule has 38 heavy (non-hydrogen) atoms. The number of rotatable bonds is 11. The van der Waals surface area contributed by atoms with Crippen LogP contribution in [0.5, 0.6) is 0 Å². The maximum Gasteiger partial charge on any atom is 0.264 e. The molecule has 0 radical (unpaired) electrons. The topological polar surface area (TPSA) is 86.8 Å². The highest BCUT2D eigenvalue weighted by molar-refractivity contribution is 7.92. The first-order chi connectivity index (χ1) is 18.0. The average Bonchev–Trinajstić information content (AvgIpc) is 2.90. The Balaban J connectivity index is 2.02. The summed E-state index contributed by atoms with van der Waals surface area (Å²) in [4.78, 5) is 28.1. The lowest BCUT2D eigenvalue weighted by Gasteiger charge is -2.32. The molecular weight excluding hydrogens is 545 g/mol. The van der Waals surface area contributed by atoms with Crippen LogP contribution in [0.1, 0.15) is 31.4 Å². The number of nitrogens with zero attached hydrogens (tertiary/aromatic N) is 2. The van der Waals surface area contributed by atoms with Gasteiger partial charge in [0.25, 0.3) is 10.0 Å². The Morgan fingerprint density at radius 1 is 0.947 bits per heavy atom. The van der Waals surface area contributed by atoms with Crippen molar-refractivity contribution in [1.29, 1.82) is 0 Å². The SMILES string of the molecule is CCCNC(=O)[C@@H](C)N(Cc1ccccc1Cl)C(=O)CN(c1ccc(C)cc1)S(=O)(=O)c1ccc(Cl)cc1. The molecule has 0 saturated carbocycles. The van der Waals surface area contributed by atoms with Crippen LogP contribution in [0.4, 0.5) is 5.69 Å². The summed E-state index contributed by atoms with van der Waals surface area (Å²) < 4.78 is 28.6. The summed E-state index contributed by atoms with van der Waals surface area (Å²) in [5.74, 6) is -0.892. The minimum absolute atomic E-state index is 0.0123. The summed E-state index contributed by atoms with van der Waals surface area (Å²) in [6.07, 6.45) is 0.734. The molecule has 1 atom stereocenters. The first-order valence-electron chi connectivity index (χ1n) is 12.2. The Morgan fingerprint density at radius 2 is 1.58 bits per heavy atom. The number of nitrogens with one attached hydrogen (secondary N) is 1. The van der Waals surface area contributed by atoms with E-state index in [2.05, 4.69) is 5.32 Å². The second-order valence-electron chi connectivity index (χ2n) is 8.88. The second kappa shape index (κ2) is 13.1. The summed E-state index contributed by atoms with van der Waals surface area (Å²) in [6, 6.07) is 18.7. The van der Waals surface area contributed by atoms with Crippen molar-refractivity contribution in [1.82, 2.24) is 10.2 Å². The van der Waals surface area contributed by atoms with E-state index in [1.54, 1.807) is 55.5 Å². The van der Waals surface area contributed by atoms with E-state index in [1.807, 2.05) is 13.8 Å². The number of anilines is 1. The molecule has 3 aromatic carbocycles. The van der Waals surface area contributed by atoms with Crippen molar-refractivity contribution in [3.05, 3.63) is 94.0 Å². The highest BCUT2D eigenvalue weighted by atomic mass is 35.5. The van der Waals surface area contributed by atoms with Gasteiger partial charge in [0.2, 0.25) is 11.8 Å². The fourth-order valence-electron chi connectivity index (χ4n) is 3.76. The zero-order valence-electron chi connectivity index (χ0n) is 21.5. The lowest BCUT2D eigenvalue weighted by molar-refractivity contribution is -0.139. The van der Waals surface area contributed by atoms with Gasteiger partial charge in [-0.3, -0.25) is 13.9 Å². The van der Waals surface area contributed by atoms with Crippen molar-refractivity contribution in [2.24, 2.45) is 0 Å². The third-order valence-electron chi connectivity index (χ3n) is 6.02. The Bertz CT molecular complexity index is 1360. The molecule has 0 aliphatic rings. The van der Waals surface area contributed by atoms with Gasteiger partial charge >= 0.3 is 0 Å². The summed E-state index contributed by atoms with van der Waals surface area (Å²) in [7, 11) is -4.15.